The van der Waals surface area contributed by atoms with Crippen molar-refractivity contribution < 1.29 is 14.4 Å². The maximum atomic E-state index is 12.2. The lowest BCUT2D eigenvalue weighted by atomic mass is 10.2. The number of anilines is 2. The molecule has 7 nitrogen and oxygen atoms in total. The summed E-state index contributed by atoms with van der Waals surface area (Å²) in [5.41, 5.74) is 1.48. The topological polar surface area (TPSA) is 90.5 Å². The predicted octanol–water partition coefficient (Wildman–Crippen LogP) is 3.25. The summed E-state index contributed by atoms with van der Waals surface area (Å²) in [5, 5.41) is 8.86. The van der Waals surface area contributed by atoms with Crippen molar-refractivity contribution in [3.8, 4) is 0 Å². The highest BCUT2D eigenvalue weighted by Gasteiger charge is 2.13. The van der Waals surface area contributed by atoms with Crippen LogP contribution in [0.25, 0.3) is 0 Å². The fourth-order valence-corrected chi connectivity index (χ4v) is 2.82. The van der Waals surface area contributed by atoms with Crippen LogP contribution in [0.4, 0.5) is 11.4 Å². The molecule has 0 unspecified atom stereocenters. The molecule has 0 heterocycles. The van der Waals surface area contributed by atoms with Crippen LogP contribution in [0.15, 0.2) is 42.5 Å². The Balaban J connectivity index is 1.85. The minimum atomic E-state index is -0.303. The van der Waals surface area contributed by atoms with Crippen molar-refractivity contribution in [2.24, 2.45) is 0 Å². The van der Waals surface area contributed by atoms with E-state index >= 15 is 0 Å². The average Bonchev–Trinajstić information content (AvgIpc) is 2.64. The van der Waals surface area contributed by atoms with Crippen LogP contribution in [-0.4, -0.2) is 49.3 Å². The molecule has 2 aromatic carbocycles. The minimum absolute atomic E-state index is 0.000177. The molecule has 3 amide bonds. The highest BCUT2D eigenvalue weighted by Crippen LogP contribution is 2.24. The number of carbonyl (C=O) groups is 3. The second kappa shape index (κ2) is 10.8. The molecule has 0 atom stereocenters. The van der Waals surface area contributed by atoms with Crippen LogP contribution in [0.1, 0.15) is 17.3 Å². The molecule has 0 saturated carbocycles. The van der Waals surface area contributed by atoms with Crippen LogP contribution < -0.4 is 16.0 Å². The fourth-order valence-electron chi connectivity index (χ4n) is 2.52. The number of rotatable bonds is 8. The maximum Gasteiger partial charge on any atom is 0.251 e. The number of nitrogens with one attached hydrogen (secondary N) is 3. The molecule has 154 valence electrons. The number of carbonyl (C=O) groups excluding carboxylic acids is 3. The summed E-state index contributed by atoms with van der Waals surface area (Å²) in [5.74, 6) is -0.806. The molecule has 2 rings (SSSR count). The molecule has 0 aliphatic rings. The van der Waals surface area contributed by atoms with Crippen molar-refractivity contribution in [3.63, 3.8) is 0 Å². The Morgan fingerprint density at radius 1 is 0.897 bits per heavy atom. The first-order valence-electron chi connectivity index (χ1n) is 8.90. The largest absolute Gasteiger partial charge is 0.352 e. The number of halogens is 2. The lowest BCUT2D eigenvalue weighted by molar-refractivity contribution is -0.119. The molecule has 0 aliphatic heterocycles. The summed E-state index contributed by atoms with van der Waals surface area (Å²) in [6, 6.07) is 11.4. The monoisotopic (exact) mass is 436 g/mol. The van der Waals surface area contributed by atoms with Gasteiger partial charge in [0, 0.05) is 23.5 Å². The number of hydrogen-bond donors (Lipinski definition) is 3. The molecule has 0 aromatic heterocycles. The number of benzene rings is 2. The van der Waals surface area contributed by atoms with Gasteiger partial charge in [-0.15, -0.1) is 0 Å². The summed E-state index contributed by atoms with van der Waals surface area (Å²) >= 11 is 11.8. The molecule has 0 aliphatic carbocycles. The number of likely N-dealkylation sites (N-methyl/N-ethyl adjacent to an activating group) is 1. The Kier molecular flexibility index (Phi) is 8.45. The van der Waals surface area contributed by atoms with E-state index in [1.54, 1.807) is 54.4 Å². The third kappa shape index (κ3) is 7.38. The van der Waals surface area contributed by atoms with Crippen molar-refractivity contribution in [2.45, 2.75) is 6.92 Å². The van der Waals surface area contributed by atoms with Gasteiger partial charge in [0.2, 0.25) is 11.8 Å². The zero-order valence-corrected chi connectivity index (χ0v) is 17.6. The quantitative estimate of drug-likeness (QED) is 0.592. The van der Waals surface area contributed by atoms with Gasteiger partial charge in [-0.1, -0.05) is 29.3 Å². The Morgan fingerprint density at radius 3 is 2.10 bits per heavy atom. The van der Waals surface area contributed by atoms with E-state index in [4.69, 9.17) is 23.2 Å². The Morgan fingerprint density at radius 2 is 1.52 bits per heavy atom. The van der Waals surface area contributed by atoms with E-state index in [2.05, 4.69) is 16.0 Å². The molecule has 29 heavy (non-hydrogen) atoms. The van der Waals surface area contributed by atoms with Gasteiger partial charge in [0.15, 0.2) is 0 Å². The van der Waals surface area contributed by atoms with E-state index in [0.717, 1.165) is 0 Å². The highest BCUT2D eigenvalue weighted by molar-refractivity contribution is 6.42. The van der Waals surface area contributed by atoms with Crippen LogP contribution in [0.5, 0.6) is 0 Å². The first-order chi connectivity index (χ1) is 13.8. The van der Waals surface area contributed by atoms with Crippen molar-refractivity contribution in [1.29, 1.82) is 0 Å². The number of hydrogen-bond acceptors (Lipinski definition) is 4. The van der Waals surface area contributed by atoms with Crippen LogP contribution in [0, 0.1) is 0 Å². The third-order valence-electron chi connectivity index (χ3n) is 3.78. The summed E-state index contributed by atoms with van der Waals surface area (Å²) in [4.78, 5) is 37.8. The summed E-state index contributed by atoms with van der Waals surface area (Å²) < 4.78 is 0. The molecular formula is C20H22Cl2N4O3. The van der Waals surface area contributed by atoms with Gasteiger partial charge in [-0.05, 0) is 50.4 Å². The first-order valence-corrected chi connectivity index (χ1v) is 9.65. The SMILES string of the molecule is CCNC(=O)c1cccc(NC(=O)CN(C)CC(=O)Nc2ccc(Cl)c(Cl)c2)c1. The van der Waals surface area contributed by atoms with Gasteiger partial charge in [-0.2, -0.15) is 0 Å². The molecule has 2 aromatic rings. The second-order valence-corrected chi connectivity index (χ2v) is 7.15. The van der Waals surface area contributed by atoms with E-state index in [1.165, 1.54) is 0 Å². The van der Waals surface area contributed by atoms with Crippen molar-refractivity contribution >= 4 is 52.3 Å². The van der Waals surface area contributed by atoms with Crippen molar-refractivity contribution in [2.75, 3.05) is 37.3 Å². The van der Waals surface area contributed by atoms with Gasteiger partial charge >= 0.3 is 0 Å². The maximum absolute atomic E-state index is 12.2. The molecule has 9 heteroatoms. The fraction of sp³-hybridized carbons (Fsp3) is 0.250. The number of amides is 3. The van der Waals surface area contributed by atoms with Crippen LogP contribution in [0.3, 0.4) is 0 Å². The lowest BCUT2D eigenvalue weighted by Crippen LogP contribution is -2.36. The summed E-state index contributed by atoms with van der Waals surface area (Å²) in [6.07, 6.45) is 0. The van der Waals surface area contributed by atoms with Gasteiger partial charge in [0.1, 0.15) is 0 Å². The van der Waals surface area contributed by atoms with Crippen molar-refractivity contribution in [3.05, 3.63) is 58.1 Å². The standard InChI is InChI=1S/C20H22Cl2N4O3/c1-3-23-20(29)13-5-4-6-14(9-13)24-18(27)11-26(2)12-19(28)25-15-7-8-16(21)17(22)10-15/h4-10H,3,11-12H2,1-2H3,(H,23,29)(H,24,27)(H,25,28). The Bertz CT molecular complexity index is 905. The normalized spacial score (nSPS) is 10.5. The van der Waals surface area contributed by atoms with E-state index in [0.29, 0.717) is 33.5 Å². The first kappa shape index (κ1) is 22.7. The van der Waals surface area contributed by atoms with E-state index in [-0.39, 0.29) is 30.8 Å². The molecule has 0 saturated heterocycles. The van der Waals surface area contributed by atoms with Gasteiger partial charge in [-0.3, -0.25) is 19.3 Å². The number of nitrogens with zero attached hydrogens (tertiary/aromatic N) is 1. The molecule has 0 bridgehead atoms. The molecular weight excluding hydrogens is 415 g/mol. The third-order valence-corrected chi connectivity index (χ3v) is 4.52. The zero-order valence-electron chi connectivity index (χ0n) is 16.1. The predicted molar refractivity (Wildman–Crippen MR) is 116 cm³/mol. The van der Waals surface area contributed by atoms with Gasteiger partial charge < -0.3 is 16.0 Å². The van der Waals surface area contributed by atoms with E-state index in [9.17, 15) is 14.4 Å². The van der Waals surface area contributed by atoms with E-state index < -0.39 is 0 Å². The molecule has 0 spiro atoms. The minimum Gasteiger partial charge on any atom is -0.352 e. The van der Waals surface area contributed by atoms with Gasteiger partial charge in [-0.25, -0.2) is 0 Å². The van der Waals surface area contributed by atoms with Crippen LogP contribution >= 0.6 is 23.2 Å². The van der Waals surface area contributed by atoms with Gasteiger partial charge in [0.05, 0.1) is 23.1 Å². The second-order valence-electron chi connectivity index (χ2n) is 6.34. The summed E-state index contributed by atoms with van der Waals surface area (Å²) in [6.45, 7) is 2.36. The summed E-state index contributed by atoms with van der Waals surface area (Å²) in [7, 11) is 1.65. The molecule has 0 radical (unpaired) electrons. The van der Waals surface area contributed by atoms with E-state index in [1.807, 2.05) is 6.92 Å². The Hall–Kier alpha value is -2.61. The highest BCUT2D eigenvalue weighted by atomic mass is 35.5. The Labute approximate surface area is 179 Å². The molecule has 0 fully saturated rings. The lowest BCUT2D eigenvalue weighted by Gasteiger charge is -2.16. The zero-order chi connectivity index (χ0) is 21.4. The van der Waals surface area contributed by atoms with Crippen LogP contribution in [0.2, 0.25) is 10.0 Å². The van der Waals surface area contributed by atoms with Crippen molar-refractivity contribution in [1.82, 2.24) is 10.2 Å². The average molecular weight is 437 g/mol. The smallest absolute Gasteiger partial charge is 0.251 e. The molecule has 3 N–H and O–H groups in total. The van der Waals surface area contributed by atoms with Crippen LogP contribution in [-0.2, 0) is 9.59 Å². The van der Waals surface area contributed by atoms with Gasteiger partial charge in [0.25, 0.3) is 5.91 Å².